The molecular formula is C62H100FN5O15. The van der Waals surface area contributed by atoms with Gasteiger partial charge in [-0.1, -0.05) is 70.1 Å². The van der Waals surface area contributed by atoms with Crippen molar-refractivity contribution in [1.82, 2.24) is 20.5 Å². The van der Waals surface area contributed by atoms with Gasteiger partial charge < -0.3 is 74.3 Å². The zero-order valence-corrected chi connectivity index (χ0v) is 51.8. The summed E-state index contributed by atoms with van der Waals surface area (Å²) in [7, 11) is 7.60. The first-order valence-electron chi connectivity index (χ1n) is 28.4. The molecule has 21 heteroatoms. The zero-order chi connectivity index (χ0) is 63.4. The number of methoxy groups -OCH3 is 2. The molecule has 470 valence electrons. The molecule has 2 aromatic rings. The standard InChI is InChI=1S/C31H57NO9.C26H35FN4O5.2C2H2.CH4O/c1-12-24-31(9,35)28(33)22(6)26(32-38-17-36-10)19(3)15-30(8,37-11)16-20(4)27(23(7)29(34)40-24)41-25-14-18(2)13-21(5)39-25;1-16-12-20(13-24(33)36-16)31(3)11-10-23(32)30-22(14-27)25(34)18-6-4-17(5-7-18)19-8-9-21(29-15-19)26(35)28-2;3*1-2/h18-25,27-28,33,35H,12-17H2,1-11H3;4-9,15-16,20,22,24-25,33-34H,10-14H2,1-3H3,(H,28,35)(H,30,32);2*1-2H;2H,1H3/b32-26-;;;;/t18?,19-,20-,21+,22+,23-,24-,25+,27+,28-,30-,31-;16-,20?,22-,24?,25-;;;/m11.../s1. The number of nitrogens with zero attached hydrogens (tertiary/aromatic N) is 3. The Labute approximate surface area is 493 Å². The fraction of sp³-hybridized carbons (Fsp3) is 0.694. The summed E-state index contributed by atoms with van der Waals surface area (Å²) in [5, 5.41) is 60.1. The number of benzene rings is 1. The van der Waals surface area contributed by atoms with Gasteiger partial charge in [-0.25, -0.2) is 4.39 Å². The van der Waals surface area contributed by atoms with Crippen LogP contribution in [0.15, 0.2) is 47.8 Å². The van der Waals surface area contributed by atoms with Gasteiger partial charge in [0.1, 0.15) is 30.2 Å². The first-order chi connectivity index (χ1) is 39.3. The van der Waals surface area contributed by atoms with Gasteiger partial charge in [-0.05, 0) is 103 Å². The van der Waals surface area contributed by atoms with Crippen molar-refractivity contribution in [1.29, 1.82) is 0 Å². The molecule has 7 N–H and O–H groups in total. The minimum atomic E-state index is -1.76. The highest BCUT2D eigenvalue weighted by Gasteiger charge is 2.48. The second kappa shape index (κ2) is 38.0. The number of pyridine rings is 1. The Morgan fingerprint density at radius 3 is 2.05 bits per heavy atom. The van der Waals surface area contributed by atoms with Gasteiger partial charge in [-0.2, -0.15) is 0 Å². The van der Waals surface area contributed by atoms with E-state index in [4.69, 9.17) is 38.4 Å². The summed E-state index contributed by atoms with van der Waals surface area (Å²) >= 11 is 0. The number of aliphatic hydroxyl groups is 5. The third kappa shape index (κ3) is 23.3. The zero-order valence-electron chi connectivity index (χ0n) is 51.8. The lowest BCUT2D eigenvalue weighted by Gasteiger charge is -2.43. The maximum Gasteiger partial charge on any atom is 0.311 e. The highest BCUT2D eigenvalue weighted by molar-refractivity contribution is 5.92. The van der Waals surface area contributed by atoms with E-state index in [1.165, 1.54) is 21.1 Å². The van der Waals surface area contributed by atoms with Gasteiger partial charge in [0, 0.05) is 83.8 Å². The second-order valence-corrected chi connectivity index (χ2v) is 22.3. The molecule has 3 fully saturated rings. The number of aromatic nitrogens is 1. The molecule has 2 amide bonds. The second-order valence-electron chi connectivity index (χ2n) is 22.3. The van der Waals surface area contributed by atoms with E-state index in [2.05, 4.69) is 60.3 Å². The van der Waals surface area contributed by atoms with E-state index >= 15 is 0 Å². The molecule has 3 aliphatic heterocycles. The summed E-state index contributed by atoms with van der Waals surface area (Å²) in [6, 6.07) is 9.29. The van der Waals surface area contributed by atoms with Crippen LogP contribution >= 0.6 is 0 Å². The molecule has 0 spiro atoms. The fourth-order valence-corrected chi connectivity index (χ4v) is 11.1. The third-order valence-corrected chi connectivity index (χ3v) is 15.6. The van der Waals surface area contributed by atoms with Gasteiger partial charge in [0.25, 0.3) is 5.91 Å². The van der Waals surface area contributed by atoms with Gasteiger partial charge in [0.2, 0.25) is 12.7 Å². The minimum Gasteiger partial charge on any atom is -0.459 e. The first-order valence-corrected chi connectivity index (χ1v) is 28.4. The van der Waals surface area contributed by atoms with Crippen LogP contribution in [0.25, 0.3) is 11.1 Å². The van der Waals surface area contributed by atoms with Gasteiger partial charge >= 0.3 is 5.97 Å². The highest BCUT2D eigenvalue weighted by Crippen LogP contribution is 2.38. The summed E-state index contributed by atoms with van der Waals surface area (Å²) in [6.45, 7) is 18.6. The number of hydrogen-bond donors (Lipinski definition) is 7. The molecule has 0 radical (unpaired) electrons. The Balaban J connectivity index is 0.000000766. The molecule has 4 heterocycles. The molecule has 1 aromatic heterocycles. The molecule has 20 nitrogen and oxygen atoms in total. The molecule has 3 saturated heterocycles. The van der Waals surface area contributed by atoms with Crippen molar-refractivity contribution in [3.63, 3.8) is 0 Å². The Bertz CT molecular complexity index is 2230. The van der Waals surface area contributed by atoms with Crippen molar-refractivity contribution in [3.8, 4) is 36.8 Å². The molecule has 17 atom stereocenters. The normalized spacial score (nSPS) is 31.6. The quantitative estimate of drug-likeness (QED) is 0.0289. The number of cyclic esters (lactones) is 1. The number of carbonyl (C=O) groups excluding carboxylic acids is 3. The van der Waals surface area contributed by atoms with Crippen LogP contribution in [0, 0.1) is 55.3 Å². The summed E-state index contributed by atoms with van der Waals surface area (Å²) in [5.41, 5.74) is 0.555. The monoisotopic (exact) mass is 1170 g/mol. The molecular weight excluding hydrogens is 1070 g/mol. The number of oxime groups is 1. The Hall–Kier alpha value is -5.14. The number of alkyl halides is 1. The lowest BCUT2D eigenvalue weighted by Crippen LogP contribution is -2.56. The van der Waals surface area contributed by atoms with Crippen LogP contribution in [0.1, 0.15) is 143 Å². The Morgan fingerprint density at radius 2 is 1.52 bits per heavy atom. The smallest absolute Gasteiger partial charge is 0.311 e. The summed E-state index contributed by atoms with van der Waals surface area (Å²) in [6.07, 6.45) is 16.8. The molecule has 0 saturated carbocycles. The van der Waals surface area contributed by atoms with Crippen molar-refractivity contribution in [2.45, 2.75) is 193 Å². The van der Waals surface area contributed by atoms with Gasteiger partial charge in [-0.15, -0.1) is 25.7 Å². The lowest BCUT2D eigenvalue weighted by atomic mass is 9.75. The summed E-state index contributed by atoms with van der Waals surface area (Å²) < 4.78 is 48.9. The van der Waals surface area contributed by atoms with E-state index in [-0.39, 0.29) is 55.1 Å². The van der Waals surface area contributed by atoms with Gasteiger partial charge in [-0.3, -0.25) is 19.4 Å². The molecule has 0 aliphatic carbocycles. The molecule has 83 heavy (non-hydrogen) atoms. The van der Waals surface area contributed by atoms with Crippen LogP contribution in [0.5, 0.6) is 0 Å². The van der Waals surface area contributed by atoms with Crippen molar-refractivity contribution in [3.05, 3.63) is 53.9 Å². The number of aliphatic hydroxyl groups excluding tert-OH is 4. The predicted octanol–water partition coefficient (Wildman–Crippen LogP) is 6.60. The molecule has 0 bridgehead atoms. The van der Waals surface area contributed by atoms with Crippen LogP contribution in [0.4, 0.5) is 4.39 Å². The number of nitrogens with one attached hydrogen (secondary N) is 2. The molecule has 1 aromatic carbocycles. The highest BCUT2D eigenvalue weighted by atomic mass is 19.1. The van der Waals surface area contributed by atoms with Crippen molar-refractivity contribution >= 4 is 23.5 Å². The van der Waals surface area contributed by atoms with Crippen LogP contribution in [0.3, 0.4) is 0 Å². The topological polar surface area (TPSA) is 270 Å². The largest absolute Gasteiger partial charge is 0.459 e. The van der Waals surface area contributed by atoms with Gasteiger partial charge in [0.15, 0.2) is 12.6 Å². The van der Waals surface area contributed by atoms with E-state index in [1.807, 2.05) is 46.6 Å². The predicted molar refractivity (Wildman–Crippen MR) is 317 cm³/mol. The number of hydrogen-bond acceptors (Lipinski definition) is 18. The van der Waals surface area contributed by atoms with E-state index in [0.29, 0.717) is 55.1 Å². The number of rotatable bonds is 17. The number of ether oxygens (including phenoxy) is 6. The third-order valence-electron chi connectivity index (χ3n) is 15.6. The average molecular weight is 1170 g/mol. The molecule has 3 aliphatic rings. The maximum atomic E-state index is 13.7. The fourth-order valence-electron chi connectivity index (χ4n) is 11.1. The number of halogens is 1. The number of carbonyl (C=O) groups is 3. The summed E-state index contributed by atoms with van der Waals surface area (Å²) in [4.78, 5) is 49.3. The Morgan fingerprint density at radius 1 is 0.904 bits per heavy atom. The van der Waals surface area contributed by atoms with E-state index in [1.54, 1.807) is 63.6 Å². The van der Waals surface area contributed by atoms with Crippen molar-refractivity contribution < 1.29 is 77.6 Å². The van der Waals surface area contributed by atoms with Gasteiger partial charge in [0.05, 0.1) is 47.7 Å². The number of esters is 1. The number of terminal acetylenes is 2. The van der Waals surface area contributed by atoms with Crippen LogP contribution in [0.2, 0.25) is 0 Å². The minimum absolute atomic E-state index is 0.0550. The van der Waals surface area contributed by atoms with E-state index in [9.17, 15) is 39.2 Å². The van der Waals surface area contributed by atoms with Crippen LogP contribution < -0.4 is 10.6 Å². The SMILES string of the molecule is C#C.C#C.CC[C@H]1OC(=O)[C@H](C)[C@@H](O[C@H]2CC(C)C[C@H](C)O2)[C@H](C)C[C@](C)(OC)C[C@@H](C)/C(=N/OCOC)[C@H](C)[C@@H](O)[C@]1(C)O.CNC(=O)c1ccc(-c2ccc([C@@H](O)[C@@H](CF)NC(=O)CCN(C)C3CC(O)O[C@H](C)C3)cc2)cn1.CO. The van der Waals surface area contributed by atoms with E-state index in [0.717, 1.165) is 37.5 Å². The average Bonchev–Trinajstić information content (AvgIpc) is 3.67. The van der Waals surface area contributed by atoms with Crippen molar-refractivity contribution in [2.75, 3.05) is 55.4 Å². The van der Waals surface area contributed by atoms with E-state index < -0.39 is 78.7 Å². The summed E-state index contributed by atoms with van der Waals surface area (Å²) in [5.74, 6) is -2.25. The first kappa shape index (κ1) is 75.9. The maximum absolute atomic E-state index is 13.7. The van der Waals surface area contributed by atoms with Crippen LogP contribution in [-0.2, 0) is 42.8 Å². The van der Waals surface area contributed by atoms with Crippen LogP contribution in [-0.4, -0.2) is 181 Å². The Kier molecular flexibility index (Phi) is 34.8. The van der Waals surface area contributed by atoms with Crippen molar-refractivity contribution in [2.24, 2.45) is 34.7 Å². The lowest BCUT2D eigenvalue weighted by molar-refractivity contribution is -0.242. The molecule has 3 unspecified atom stereocenters. The molecule has 5 rings (SSSR count). The number of amides is 2.